The van der Waals surface area contributed by atoms with Crippen molar-refractivity contribution in [3.05, 3.63) is 71.4 Å². The average Bonchev–Trinajstić information content (AvgIpc) is 3.12. The number of rotatable bonds is 5. The summed E-state index contributed by atoms with van der Waals surface area (Å²) in [4.78, 5) is 12.3. The van der Waals surface area contributed by atoms with Gasteiger partial charge < -0.3 is 14.6 Å². The predicted molar refractivity (Wildman–Crippen MR) is 86.0 cm³/mol. The van der Waals surface area contributed by atoms with Gasteiger partial charge in [-0.25, -0.2) is 8.78 Å². The largest absolute Gasteiger partial charge is 0.497 e. The smallest absolute Gasteiger partial charge is 0.257 e. The van der Waals surface area contributed by atoms with E-state index in [1.807, 2.05) is 12.1 Å². The highest BCUT2D eigenvalue weighted by molar-refractivity contribution is 5.99. The van der Waals surface area contributed by atoms with Crippen molar-refractivity contribution in [3.63, 3.8) is 0 Å². The van der Waals surface area contributed by atoms with Crippen molar-refractivity contribution in [3.8, 4) is 17.1 Å². The molecule has 0 unspecified atom stereocenters. The molecule has 0 bridgehead atoms. The Morgan fingerprint density at radius 2 is 1.92 bits per heavy atom. The molecule has 0 fully saturated rings. The number of hydrogen-bond acceptors (Lipinski definition) is 4. The molecular formula is C18H14F2N2O3. The van der Waals surface area contributed by atoms with Gasteiger partial charge in [0.1, 0.15) is 11.3 Å². The summed E-state index contributed by atoms with van der Waals surface area (Å²) in [5, 5.41) is 6.31. The Morgan fingerprint density at radius 3 is 2.60 bits per heavy atom. The second-order valence-electron chi connectivity index (χ2n) is 5.23. The first-order valence-corrected chi connectivity index (χ1v) is 7.39. The van der Waals surface area contributed by atoms with Crippen LogP contribution in [0.4, 0.5) is 8.78 Å². The van der Waals surface area contributed by atoms with Crippen molar-refractivity contribution >= 4 is 5.91 Å². The maximum atomic E-state index is 13.4. The highest BCUT2D eigenvalue weighted by Gasteiger charge is 2.19. The fourth-order valence-electron chi connectivity index (χ4n) is 2.27. The molecule has 3 aromatic rings. The molecule has 1 amide bonds. The van der Waals surface area contributed by atoms with Crippen LogP contribution in [0.1, 0.15) is 15.9 Å². The maximum absolute atomic E-state index is 13.4. The number of carbonyl (C=O) groups is 1. The van der Waals surface area contributed by atoms with E-state index in [2.05, 4.69) is 10.5 Å². The van der Waals surface area contributed by atoms with Gasteiger partial charge >= 0.3 is 0 Å². The first-order chi connectivity index (χ1) is 12.1. The van der Waals surface area contributed by atoms with Crippen LogP contribution in [0.5, 0.6) is 5.75 Å². The van der Waals surface area contributed by atoms with Crippen LogP contribution in [-0.4, -0.2) is 18.2 Å². The normalized spacial score (nSPS) is 10.5. The number of amides is 1. The monoisotopic (exact) mass is 344 g/mol. The average molecular weight is 344 g/mol. The summed E-state index contributed by atoms with van der Waals surface area (Å²) in [7, 11) is 1.57. The van der Waals surface area contributed by atoms with E-state index in [0.29, 0.717) is 0 Å². The van der Waals surface area contributed by atoms with Crippen LogP contribution in [0, 0.1) is 11.6 Å². The van der Waals surface area contributed by atoms with E-state index >= 15 is 0 Å². The van der Waals surface area contributed by atoms with Gasteiger partial charge in [0.05, 0.1) is 13.3 Å². The van der Waals surface area contributed by atoms with Gasteiger partial charge in [0.15, 0.2) is 17.4 Å². The zero-order valence-corrected chi connectivity index (χ0v) is 13.3. The van der Waals surface area contributed by atoms with Crippen LogP contribution in [0.15, 0.2) is 53.2 Å². The predicted octanol–water partition coefficient (Wildman–Crippen LogP) is 3.56. The molecule has 5 nitrogen and oxygen atoms in total. The molecule has 0 saturated carbocycles. The first-order valence-electron chi connectivity index (χ1n) is 7.39. The first kappa shape index (κ1) is 16.6. The third-order valence-corrected chi connectivity index (χ3v) is 3.61. The third kappa shape index (κ3) is 3.65. The Labute approximate surface area is 142 Å². The van der Waals surface area contributed by atoms with Crippen molar-refractivity contribution in [1.82, 2.24) is 10.5 Å². The fourth-order valence-corrected chi connectivity index (χ4v) is 2.27. The van der Waals surface area contributed by atoms with Crippen LogP contribution in [-0.2, 0) is 6.54 Å². The molecule has 0 radical (unpaired) electrons. The van der Waals surface area contributed by atoms with Crippen molar-refractivity contribution < 1.29 is 22.8 Å². The SMILES string of the molecule is COc1ccc(CNC(=O)c2cnoc2-c2ccc(F)c(F)c2)cc1. The van der Waals surface area contributed by atoms with Crippen LogP contribution < -0.4 is 10.1 Å². The molecule has 0 atom stereocenters. The zero-order chi connectivity index (χ0) is 17.8. The number of aromatic nitrogens is 1. The second-order valence-corrected chi connectivity index (χ2v) is 5.23. The molecule has 0 saturated heterocycles. The fraction of sp³-hybridized carbons (Fsp3) is 0.111. The van der Waals surface area contributed by atoms with Crippen LogP contribution >= 0.6 is 0 Å². The summed E-state index contributed by atoms with van der Waals surface area (Å²) in [5.74, 6) is -1.65. The molecule has 0 aliphatic carbocycles. The lowest BCUT2D eigenvalue weighted by atomic mass is 10.1. The molecule has 1 N–H and O–H groups in total. The van der Waals surface area contributed by atoms with Gasteiger partial charge in [-0.15, -0.1) is 0 Å². The lowest BCUT2D eigenvalue weighted by Crippen LogP contribution is -2.22. The van der Waals surface area contributed by atoms with Crippen molar-refractivity contribution in [2.24, 2.45) is 0 Å². The minimum Gasteiger partial charge on any atom is -0.497 e. The molecule has 0 spiro atoms. The van der Waals surface area contributed by atoms with E-state index in [9.17, 15) is 13.6 Å². The van der Waals surface area contributed by atoms with Crippen LogP contribution in [0.2, 0.25) is 0 Å². The number of nitrogens with zero attached hydrogens (tertiary/aromatic N) is 1. The molecule has 0 aliphatic rings. The topological polar surface area (TPSA) is 64.4 Å². The minimum atomic E-state index is -1.03. The van der Waals surface area contributed by atoms with Gasteiger partial charge in [-0.2, -0.15) is 0 Å². The molecule has 128 valence electrons. The van der Waals surface area contributed by atoms with Crippen molar-refractivity contribution in [2.75, 3.05) is 7.11 Å². The highest BCUT2D eigenvalue weighted by Crippen LogP contribution is 2.25. The maximum Gasteiger partial charge on any atom is 0.257 e. The summed E-state index contributed by atoms with van der Waals surface area (Å²) in [6, 6.07) is 10.5. The highest BCUT2D eigenvalue weighted by atomic mass is 19.2. The summed E-state index contributed by atoms with van der Waals surface area (Å²) >= 11 is 0. The number of nitrogens with one attached hydrogen (secondary N) is 1. The number of methoxy groups -OCH3 is 1. The van der Waals surface area contributed by atoms with Gasteiger partial charge in [0.2, 0.25) is 0 Å². The Balaban J connectivity index is 1.74. The van der Waals surface area contributed by atoms with E-state index in [0.717, 1.165) is 23.4 Å². The van der Waals surface area contributed by atoms with Gasteiger partial charge in [0.25, 0.3) is 5.91 Å². The zero-order valence-electron chi connectivity index (χ0n) is 13.3. The van der Waals surface area contributed by atoms with E-state index < -0.39 is 17.5 Å². The number of ether oxygens (including phenoxy) is 1. The minimum absolute atomic E-state index is 0.0751. The number of hydrogen-bond donors (Lipinski definition) is 1. The van der Waals surface area contributed by atoms with Gasteiger partial charge in [-0.3, -0.25) is 4.79 Å². The third-order valence-electron chi connectivity index (χ3n) is 3.61. The van der Waals surface area contributed by atoms with Crippen LogP contribution in [0.25, 0.3) is 11.3 Å². The van der Waals surface area contributed by atoms with Crippen molar-refractivity contribution in [2.45, 2.75) is 6.54 Å². The standard InChI is InChI=1S/C18H14F2N2O3/c1-24-13-5-2-11(3-6-13)9-21-18(23)14-10-22-25-17(14)12-4-7-15(19)16(20)8-12/h2-8,10H,9H2,1H3,(H,21,23). The molecular weight excluding hydrogens is 330 g/mol. The summed E-state index contributed by atoms with van der Waals surface area (Å²) in [6.07, 6.45) is 1.24. The molecule has 25 heavy (non-hydrogen) atoms. The molecule has 3 rings (SSSR count). The lowest BCUT2D eigenvalue weighted by molar-refractivity contribution is 0.0951. The van der Waals surface area contributed by atoms with Crippen molar-refractivity contribution in [1.29, 1.82) is 0 Å². The van der Waals surface area contributed by atoms with Crippen LogP contribution in [0.3, 0.4) is 0 Å². The number of halogens is 2. The molecule has 2 aromatic carbocycles. The Bertz CT molecular complexity index is 892. The van der Waals surface area contributed by atoms with Gasteiger partial charge in [0, 0.05) is 12.1 Å². The quantitative estimate of drug-likeness (QED) is 0.769. The Hall–Kier alpha value is -3.22. The van der Waals surface area contributed by atoms with E-state index in [1.54, 1.807) is 19.2 Å². The molecule has 7 heteroatoms. The summed E-state index contributed by atoms with van der Waals surface area (Å²) in [5.41, 5.74) is 1.24. The molecule has 1 heterocycles. The molecule has 1 aromatic heterocycles. The number of benzene rings is 2. The Kier molecular flexibility index (Phi) is 4.74. The van der Waals surface area contributed by atoms with E-state index in [-0.39, 0.29) is 23.4 Å². The summed E-state index contributed by atoms with van der Waals surface area (Å²) in [6.45, 7) is 0.283. The Morgan fingerprint density at radius 1 is 1.16 bits per heavy atom. The van der Waals surface area contributed by atoms with E-state index in [1.165, 1.54) is 12.3 Å². The molecule has 0 aliphatic heterocycles. The van der Waals surface area contributed by atoms with E-state index in [4.69, 9.17) is 9.26 Å². The summed E-state index contributed by atoms with van der Waals surface area (Å²) < 4.78 is 36.5. The number of carbonyl (C=O) groups excluding carboxylic acids is 1. The lowest BCUT2D eigenvalue weighted by Gasteiger charge is -2.06. The van der Waals surface area contributed by atoms with Gasteiger partial charge in [-0.05, 0) is 35.9 Å². The second kappa shape index (κ2) is 7.12. The van der Waals surface area contributed by atoms with Gasteiger partial charge in [-0.1, -0.05) is 17.3 Å².